The zero-order chi connectivity index (χ0) is 14.5. The monoisotopic (exact) mass is 404 g/mol. The molecule has 0 N–H and O–H groups in total. The summed E-state index contributed by atoms with van der Waals surface area (Å²) in [4.78, 5) is 8.87. The van der Waals surface area contributed by atoms with Crippen molar-refractivity contribution in [3.8, 4) is 17.1 Å². The molecular formula is C14H14ClIN2O2. The van der Waals surface area contributed by atoms with Crippen molar-refractivity contribution in [1.82, 2.24) is 9.97 Å². The smallest absolute Gasteiger partial charge is 0.165 e. The molecule has 0 aliphatic carbocycles. The van der Waals surface area contributed by atoms with Gasteiger partial charge in [0.2, 0.25) is 0 Å². The molecular weight excluding hydrogens is 391 g/mol. The number of hydrogen-bond acceptors (Lipinski definition) is 4. The minimum absolute atomic E-state index is 0.393. The highest BCUT2D eigenvalue weighted by Crippen LogP contribution is 2.30. The Kier molecular flexibility index (Phi) is 5.56. The molecule has 6 heteroatoms. The first-order valence-corrected chi connectivity index (χ1v) is 7.56. The quantitative estimate of drug-likeness (QED) is 0.559. The summed E-state index contributed by atoms with van der Waals surface area (Å²) in [6, 6.07) is 7.64. The number of hydrogen-bond donors (Lipinski definition) is 0. The first-order valence-electron chi connectivity index (χ1n) is 6.10. The summed E-state index contributed by atoms with van der Waals surface area (Å²) in [5, 5.41) is 0.425. The van der Waals surface area contributed by atoms with Crippen LogP contribution in [0.15, 0.2) is 24.3 Å². The zero-order valence-electron chi connectivity index (χ0n) is 11.2. The average molecular weight is 405 g/mol. The molecule has 0 saturated heterocycles. The maximum absolute atomic E-state index is 6.18. The standard InChI is InChI=1S/C14H14ClIN2O2/c1-3-20-11-7-5-4-6-9(11)14-17-10(8-19-2)12(16)13(15)18-14/h4-7H,3,8H2,1-2H3. The number of methoxy groups -OCH3 is 1. The number of halogens is 2. The molecule has 0 bridgehead atoms. The SMILES string of the molecule is CCOc1ccccc1-c1nc(Cl)c(I)c(COC)n1. The topological polar surface area (TPSA) is 44.2 Å². The van der Waals surface area contributed by atoms with E-state index >= 15 is 0 Å². The number of benzene rings is 1. The molecule has 0 aliphatic rings. The van der Waals surface area contributed by atoms with E-state index < -0.39 is 0 Å². The number of para-hydroxylation sites is 1. The van der Waals surface area contributed by atoms with E-state index in [0.717, 1.165) is 20.6 Å². The number of nitrogens with zero attached hydrogens (tertiary/aromatic N) is 2. The van der Waals surface area contributed by atoms with E-state index in [9.17, 15) is 0 Å². The molecule has 1 heterocycles. The van der Waals surface area contributed by atoms with E-state index in [2.05, 4.69) is 32.6 Å². The van der Waals surface area contributed by atoms with Gasteiger partial charge in [-0.3, -0.25) is 0 Å². The fraction of sp³-hybridized carbons (Fsp3) is 0.286. The molecule has 20 heavy (non-hydrogen) atoms. The Labute approximate surface area is 136 Å². The van der Waals surface area contributed by atoms with Gasteiger partial charge in [-0.25, -0.2) is 9.97 Å². The summed E-state index contributed by atoms with van der Waals surface area (Å²) in [6.45, 7) is 2.92. The summed E-state index contributed by atoms with van der Waals surface area (Å²) in [5.41, 5.74) is 1.60. The second-order valence-corrected chi connectivity index (χ2v) is 5.40. The van der Waals surface area contributed by atoms with Crippen LogP contribution in [0.4, 0.5) is 0 Å². The molecule has 0 atom stereocenters. The minimum atomic E-state index is 0.393. The number of rotatable bonds is 5. The number of aromatic nitrogens is 2. The summed E-state index contributed by atoms with van der Waals surface area (Å²) in [6.07, 6.45) is 0. The Morgan fingerprint density at radius 1 is 1.25 bits per heavy atom. The second kappa shape index (κ2) is 7.19. The van der Waals surface area contributed by atoms with Crippen LogP contribution >= 0.6 is 34.2 Å². The van der Waals surface area contributed by atoms with Gasteiger partial charge in [0.05, 0.1) is 28.0 Å². The van der Waals surface area contributed by atoms with Crippen molar-refractivity contribution in [3.63, 3.8) is 0 Å². The highest BCUT2D eigenvalue weighted by molar-refractivity contribution is 14.1. The van der Waals surface area contributed by atoms with Crippen LogP contribution in [0, 0.1) is 3.57 Å². The van der Waals surface area contributed by atoms with E-state index in [1.165, 1.54) is 0 Å². The van der Waals surface area contributed by atoms with Crippen molar-refractivity contribution in [1.29, 1.82) is 0 Å². The first kappa shape index (κ1) is 15.5. The lowest BCUT2D eigenvalue weighted by Gasteiger charge is -2.11. The van der Waals surface area contributed by atoms with Crippen LogP contribution in [0.2, 0.25) is 5.15 Å². The number of ether oxygens (including phenoxy) is 2. The van der Waals surface area contributed by atoms with Crippen LogP contribution in [-0.4, -0.2) is 23.7 Å². The van der Waals surface area contributed by atoms with Gasteiger partial charge in [-0.2, -0.15) is 0 Å². The molecule has 0 radical (unpaired) electrons. The lowest BCUT2D eigenvalue weighted by Crippen LogP contribution is -2.03. The first-order chi connectivity index (χ1) is 9.67. The molecule has 0 saturated carbocycles. The van der Waals surface area contributed by atoms with Crippen LogP contribution in [0.1, 0.15) is 12.6 Å². The predicted octanol–water partition coefficient (Wildman–Crippen LogP) is 3.95. The van der Waals surface area contributed by atoms with Crippen molar-refractivity contribution in [2.75, 3.05) is 13.7 Å². The third-order valence-corrected chi connectivity index (χ3v) is 4.31. The van der Waals surface area contributed by atoms with Gasteiger partial charge in [-0.1, -0.05) is 23.7 Å². The molecule has 2 rings (SSSR count). The highest BCUT2D eigenvalue weighted by Gasteiger charge is 2.14. The van der Waals surface area contributed by atoms with Gasteiger partial charge >= 0.3 is 0 Å². The molecule has 2 aromatic rings. The Hall–Kier alpha value is -0.920. The van der Waals surface area contributed by atoms with E-state index in [1.54, 1.807) is 7.11 Å². The Morgan fingerprint density at radius 2 is 2.00 bits per heavy atom. The molecule has 0 unspecified atom stereocenters. The van der Waals surface area contributed by atoms with Crippen molar-refractivity contribution in [2.24, 2.45) is 0 Å². The summed E-state index contributed by atoms with van der Waals surface area (Å²) < 4.78 is 11.6. The lowest BCUT2D eigenvalue weighted by atomic mass is 10.2. The van der Waals surface area contributed by atoms with Gasteiger partial charge in [0.25, 0.3) is 0 Å². The molecule has 1 aromatic carbocycles. The molecule has 0 aliphatic heterocycles. The second-order valence-electron chi connectivity index (χ2n) is 3.96. The minimum Gasteiger partial charge on any atom is -0.493 e. The Bertz CT molecular complexity index is 608. The fourth-order valence-corrected chi connectivity index (χ4v) is 2.33. The van der Waals surface area contributed by atoms with Gasteiger partial charge in [0, 0.05) is 7.11 Å². The summed E-state index contributed by atoms with van der Waals surface area (Å²) >= 11 is 8.30. The lowest BCUT2D eigenvalue weighted by molar-refractivity contribution is 0.181. The predicted molar refractivity (Wildman–Crippen MR) is 87.1 cm³/mol. The van der Waals surface area contributed by atoms with Crippen molar-refractivity contribution in [3.05, 3.63) is 38.7 Å². The van der Waals surface area contributed by atoms with E-state index in [1.807, 2.05) is 31.2 Å². The third-order valence-electron chi connectivity index (χ3n) is 2.59. The van der Waals surface area contributed by atoms with Crippen molar-refractivity contribution in [2.45, 2.75) is 13.5 Å². The van der Waals surface area contributed by atoms with Crippen LogP contribution in [-0.2, 0) is 11.3 Å². The van der Waals surface area contributed by atoms with E-state index in [-0.39, 0.29) is 0 Å². The molecule has 1 aromatic heterocycles. The van der Waals surface area contributed by atoms with Gasteiger partial charge in [0.1, 0.15) is 10.9 Å². The van der Waals surface area contributed by atoms with Crippen LogP contribution < -0.4 is 4.74 Å². The summed E-state index contributed by atoms with van der Waals surface area (Å²) in [7, 11) is 1.62. The van der Waals surface area contributed by atoms with Crippen LogP contribution in [0.3, 0.4) is 0 Å². The van der Waals surface area contributed by atoms with E-state index in [4.69, 9.17) is 21.1 Å². The molecule has 0 fully saturated rings. The molecule has 0 spiro atoms. The summed E-state index contributed by atoms with van der Waals surface area (Å²) in [5.74, 6) is 1.29. The molecule has 0 amide bonds. The zero-order valence-corrected chi connectivity index (χ0v) is 14.1. The highest BCUT2D eigenvalue weighted by atomic mass is 127. The maximum atomic E-state index is 6.18. The largest absolute Gasteiger partial charge is 0.493 e. The Morgan fingerprint density at radius 3 is 2.70 bits per heavy atom. The van der Waals surface area contributed by atoms with Crippen LogP contribution in [0.25, 0.3) is 11.4 Å². The normalized spacial score (nSPS) is 10.6. The van der Waals surface area contributed by atoms with Crippen molar-refractivity contribution >= 4 is 34.2 Å². The maximum Gasteiger partial charge on any atom is 0.165 e. The van der Waals surface area contributed by atoms with Gasteiger partial charge in [0.15, 0.2) is 5.82 Å². The van der Waals surface area contributed by atoms with E-state index in [0.29, 0.717) is 24.2 Å². The van der Waals surface area contributed by atoms with Gasteiger partial charge < -0.3 is 9.47 Å². The fourth-order valence-electron chi connectivity index (χ4n) is 1.75. The van der Waals surface area contributed by atoms with Crippen LogP contribution in [0.5, 0.6) is 5.75 Å². The average Bonchev–Trinajstić information content (AvgIpc) is 2.45. The Balaban J connectivity index is 2.52. The van der Waals surface area contributed by atoms with Crippen molar-refractivity contribution < 1.29 is 9.47 Å². The molecule has 4 nitrogen and oxygen atoms in total. The van der Waals surface area contributed by atoms with Gasteiger partial charge in [-0.15, -0.1) is 0 Å². The van der Waals surface area contributed by atoms with Gasteiger partial charge in [-0.05, 0) is 41.6 Å². The molecule has 106 valence electrons. The third kappa shape index (κ3) is 3.39.